The second-order valence-corrected chi connectivity index (χ2v) is 9.40. The van der Waals surface area contributed by atoms with Crippen molar-refractivity contribution in [2.24, 2.45) is 23.7 Å². The predicted octanol–water partition coefficient (Wildman–Crippen LogP) is 3.12. The lowest BCUT2D eigenvalue weighted by atomic mass is 9.75. The summed E-state index contributed by atoms with van der Waals surface area (Å²) in [6.45, 7) is 12.6. The highest BCUT2D eigenvalue weighted by atomic mass is 16.6. The van der Waals surface area contributed by atoms with Crippen LogP contribution in [0.3, 0.4) is 0 Å². The summed E-state index contributed by atoms with van der Waals surface area (Å²) in [4.78, 5) is 25.6. The monoisotopic (exact) mass is 400 g/mol. The zero-order valence-electron chi connectivity index (χ0n) is 18.8. The topological polar surface area (TPSA) is 93.1 Å². The van der Waals surface area contributed by atoms with Gasteiger partial charge in [-0.2, -0.15) is 0 Å². The molecule has 1 saturated heterocycles. The standard InChI is InChI=1S/C22H40O6/c1-9-17-22(7,26)19(24)16(5)18(23)15(4)12-21(6,27-8)11-13(2)10-14(3)20(25)28-17/h13-17,19,24,26H,9-12H2,1-8H3/t13?,14-,15?,16?,17?,19-,21?,22?/m1/s1. The second kappa shape index (κ2) is 9.68. The Morgan fingerprint density at radius 3 is 2.18 bits per heavy atom. The minimum absolute atomic E-state index is 0.129. The number of hydrogen-bond donors (Lipinski definition) is 2. The van der Waals surface area contributed by atoms with Gasteiger partial charge in [0.15, 0.2) is 0 Å². The summed E-state index contributed by atoms with van der Waals surface area (Å²) < 4.78 is 11.3. The van der Waals surface area contributed by atoms with Crippen molar-refractivity contribution in [2.45, 2.75) is 97.6 Å². The number of carbonyl (C=O) groups excluding carboxylic acids is 2. The molecule has 0 aromatic carbocycles. The van der Waals surface area contributed by atoms with Gasteiger partial charge in [-0.1, -0.05) is 34.6 Å². The molecule has 1 fully saturated rings. The van der Waals surface area contributed by atoms with Crippen LogP contribution in [0.4, 0.5) is 0 Å². The maximum Gasteiger partial charge on any atom is 0.309 e. The number of carbonyl (C=O) groups is 2. The van der Waals surface area contributed by atoms with E-state index in [1.54, 1.807) is 21.0 Å². The van der Waals surface area contributed by atoms with Crippen LogP contribution in [0.5, 0.6) is 0 Å². The molecule has 0 spiro atoms. The number of aliphatic hydroxyl groups is 2. The molecule has 0 bridgehead atoms. The van der Waals surface area contributed by atoms with Gasteiger partial charge in [0.25, 0.3) is 0 Å². The summed E-state index contributed by atoms with van der Waals surface area (Å²) in [5, 5.41) is 21.8. The van der Waals surface area contributed by atoms with Gasteiger partial charge in [0, 0.05) is 18.9 Å². The van der Waals surface area contributed by atoms with Crippen molar-refractivity contribution in [3.8, 4) is 0 Å². The van der Waals surface area contributed by atoms with E-state index in [1.165, 1.54) is 6.92 Å². The highest BCUT2D eigenvalue weighted by molar-refractivity contribution is 5.83. The zero-order valence-corrected chi connectivity index (χ0v) is 18.8. The summed E-state index contributed by atoms with van der Waals surface area (Å²) in [5.74, 6) is -1.79. The van der Waals surface area contributed by atoms with Crippen LogP contribution in [0.25, 0.3) is 0 Å². The van der Waals surface area contributed by atoms with E-state index >= 15 is 0 Å². The molecule has 6 nitrogen and oxygen atoms in total. The van der Waals surface area contributed by atoms with Crippen molar-refractivity contribution in [1.29, 1.82) is 0 Å². The van der Waals surface area contributed by atoms with Crippen LogP contribution < -0.4 is 0 Å². The maximum absolute atomic E-state index is 13.0. The van der Waals surface area contributed by atoms with Crippen molar-refractivity contribution in [3.05, 3.63) is 0 Å². The Morgan fingerprint density at radius 2 is 1.68 bits per heavy atom. The van der Waals surface area contributed by atoms with Crippen LogP contribution in [0, 0.1) is 23.7 Å². The summed E-state index contributed by atoms with van der Waals surface area (Å²) in [6.07, 6.45) is -0.0304. The highest BCUT2D eigenvalue weighted by Gasteiger charge is 2.46. The summed E-state index contributed by atoms with van der Waals surface area (Å²) in [5.41, 5.74) is -2.24. The fourth-order valence-corrected chi connectivity index (χ4v) is 4.69. The first-order chi connectivity index (χ1) is 12.8. The number of ketones is 1. The number of aliphatic hydroxyl groups excluding tert-OH is 1. The van der Waals surface area contributed by atoms with Crippen molar-refractivity contribution in [2.75, 3.05) is 7.11 Å². The molecule has 1 rings (SSSR count). The SMILES string of the molecule is CCC1OC(=O)[C@H](C)CC(C)CC(C)(OC)CC(C)C(=O)C(C)[C@@H](O)C1(C)O. The lowest BCUT2D eigenvalue weighted by Gasteiger charge is -2.40. The van der Waals surface area contributed by atoms with E-state index in [0.29, 0.717) is 25.7 Å². The average molecular weight is 401 g/mol. The normalized spacial score (nSPS) is 44.6. The Hall–Kier alpha value is -0.980. The molecule has 0 saturated carbocycles. The van der Waals surface area contributed by atoms with Crippen LogP contribution in [-0.2, 0) is 19.1 Å². The van der Waals surface area contributed by atoms with Gasteiger partial charge in [-0.05, 0) is 45.4 Å². The van der Waals surface area contributed by atoms with Gasteiger partial charge in [-0.3, -0.25) is 9.59 Å². The fourth-order valence-electron chi connectivity index (χ4n) is 4.69. The van der Waals surface area contributed by atoms with Gasteiger partial charge in [-0.25, -0.2) is 0 Å². The van der Waals surface area contributed by atoms with Crippen LogP contribution >= 0.6 is 0 Å². The fraction of sp³-hybridized carbons (Fsp3) is 0.909. The van der Waals surface area contributed by atoms with Crippen molar-refractivity contribution in [1.82, 2.24) is 0 Å². The molecule has 1 heterocycles. The maximum atomic E-state index is 13.0. The molecule has 164 valence electrons. The van der Waals surface area contributed by atoms with Gasteiger partial charge < -0.3 is 19.7 Å². The number of Topliss-reactive ketones (excluding diaryl/α,β-unsaturated/α-hetero) is 1. The van der Waals surface area contributed by atoms with Crippen LogP contribution in [0.2, 0.25) is 0 Å². The Labute approximate surface area is 170 Å². The first-order valence-corrected chi connectivity index (χ1v) is 10.5. The summed E-state index contributed by atoms with van der Waals surface area (Å²) in [6, 6.07) is 0. The molecule has 6 heteroatoms. The van der Waals surface area contributed by atoms with Crippen LogP contribution in [0.1, 0.15) is 74.1 Å². The minimum atomic E-state index is -1.72. The zero-order chi connectivity index (χ0) is 21.9. The Kier molecular flexibility index (Phi) is 8.66. The molecule has 0 aromatic rings. The van der Waals surface area contributed by atoms with E-state index in [-0.39, 0.29) is 23.5 Å². The van der Waals surface area contributed by atoms with Crippen molar-refractivity contribution in [3.63, 3.8) is 0 Å². The van der Waals surface area contributed by atoms with Crippen LogP contribution in [-0.4, -0.2) is 52.5 Å². The Bertz CT molecular complexity index is 545. The van der Waals surface area contributed by atoms with E-state index < -0.39 is 35.3 Å². The second-order valence-electron chi connectivity index (χ2n) is 9.40. The summed E-state index contributed by atoms with van der Waals surface area (Å²) >= 11 is 0. The molecule has 1 aliphatic heterocycles. The number of esters is 1. The van der Waals surface area contributed by atoms with Gasteiger partial charge in [0.2, 0.25) is 0 Å². The van der Waals surface area contributed by atoms with E-state index in [1.807, 2.05) is 20.8 Å². The Morgan fingerprint density at radius 1 is 1.11 bits per heavy atom. The first-order valence-electron chi connectivity index (χ1n) is 10.5. The molecule has 8 atom stereocenters. The number of rotatable bonds is 2. The van der Waals surface area contributed by atoms with E-state index in [4.69, 9.17) is 9.47 Å². The number of ether oxygens (including phenoxy) is 2. The number of hydrogen-bond acceptors (Lipinski definition) is 6. The third-order valence-corrected chi connectivity index (χ3v) is 6.46. The lowest BCUT2D eigenvalue weighted by molar-refractivity contribution is -0.190. The summed E-state index contributed by atoms with van der Waals surface area (Å²) in [7, 11) is 1.64. The molecular formula is C22H40O6. The van der Waals surface area contributed by atoms with E-state index in [9.17, 15) is 19.8 Å². The lowest BCUT2D eigenvalue weighted by Crippen LogP contribution is -2.55. The minimum Gasteiger partial charge on any atom is -0.459 e. The molecule has 1 aliphatic rings. The predicted molar refractivity (Wildman–Crippen MR) is 108 cm³/mol. The quantitative estimate of drug-likeness (QED) is 0.692. The van der Waals surface area contributed by atoms with Gasteiger partial charge in [-0.15, -0.1) is 0 Å². The Balaban J connectivity index is 3.29. The van der Waals surface area contributed by atoms with Gasteiger partial charge >= 0.3 is 5.97 Å². The molecule has 6 unspecified atom stereocenters. The third-order valence-electron chi connectivity index (χ3n) is 6.46. The van der Waals surface area contributed by atoms with E-state index in [2.05, 4.69) is 6.92 Å². The first kappa shape index (κ1) is 25.1. The smallest absolute Gasteiger partial charge is 0.309 e. The van der Waals surface area contributed by atoms with Gasteiger partial charge in [0.1, 0.15) is 17.5 Å². The number of methoxy groups -OCH3 is 1. The largest absolute Gasteiger partial charge is 0.459 e. The molecule has 28 heavy (non-hydrogen) atoms. The van der Waals surface area contributed by atoms with Crippen molar-refractivity contribution >= 4 is 11.8 Å². The molecule has 0 aliphatic carbocycles. The number of cyclic esters (lactones) is 1. The average Bonchev–Trinajstić information content (AvgIpc) is 2.62. The van der Waals surface area contributed by atoms with E-state index in [0.717, 1.165) is 0 Å². The molecule has 0 amide bonds. The molecule has 0 aromatic heterocycles. The molecule has 0 radical (unpaired) electrons. The third kappa shape index (κ3) is 5.77. The highest BCUT2D eigenvalue weighted by Crippen LogP contribution is 2.35. The van der Waals surface area contributed by atoms with Crippen molar-refractivity contribution < 1.29 is 29.3 Å². The molecule has 2 N–H and O–H groups in total. The molecular weight excluding hydrogens is 360 g/mol. The van der Waals surface area contributed by atoms with Gasteiger partial charge in [0.05, 0.1) is 17.6 Å². The van der Waals surface area contributed by atoms with Crippen LogP contribution in [0.15, 0.2) is 0 Å².